The third-order valence-electron chi connectivity index (χ3n) is 5.16. The SMILES string of the molecule is COC(=O)C1C(=O)NC(N2CCN(c3ccc(F)cc3)CC2)=NC1c1ccco1. The highest BCUT2D eigenvalue weighted by atomic mass is 19.1. The molecule has 2 unspecified atom stereocenters. The van der Waals surface area contributed by atoms with Gasteiger partial charge in [0, 0.05) is 31.9 Å². The van der Waals surface area contributed by atoms with E-state index in [0.717, 1.165) is 5.69 Å². The summed E-state index contributed by atoms with van der Waals surface area (Å²) >= 11 is 0. The van der Waals surface area contributed by atoms with Crippen molar-refractivity contribution in [1.82, 2.24) is 10.2 Å². The first-order valence-corrected chi connectivity index (χ1v) is 9.32. The number of piperazine rings is 1. The molecule has 1 fully saturated rings. The van der Waals surface area contributed by atoms with E-state index in [4.69, 9.17) is 9.15 Å². The van der Waals surface area contributed by atoms with Crippen LogP contribution in [0, 0.1) is 11.7 Å². The van der Waals surface area contributed by atoms with Crippen LogP contribution < -0.4 is 10.2 Å². The number of methoxy groups -OCH3 is 1. The lowest BCUT2D eigenvalue weighted by atomic mass is 9.95. The van der Waals surface area contributed by atoms with Crippen LogP contribution in [0.1, 0.15) is 11.8 Å². The maximum atomic E-state index is 13.1. The van der Waals surface area contributed by atoms with Crippen molar-refractivity contribution in [3.63, 3.8) is 0 Å². The van der Waals surface area contributed by atoms with E-state index in [9.17, 15) is 14.0 Å². The van der Waals surface area contributed by atoms with Gasteiger partial charge in [-0.2, -0.15) is 0 Å². The quantitative estimate of drug-likeness (QED) is 0.622. The molecule has 152 valence electrons. The predicted molar refractivity (Wildman–Crippen MR) is 103 cm³/mol. The number of carbonyl (C=O) groups excluding carboxylic acids is 2. The number of benzene rings is 1. The molecule has 1 aromatic carbocycles. The average Bonchev–Trinajstić information content (AvgIpc) is 3.28. The van der Waals surface area contributed by atoms with Crippen molar-refractivity contribution in [3.05, 3.63) is 54.2 Å². The Bertz CT molecular complexity index is 905. The molecule has 0 bridgehead atoms. The van der Waals surface area contributed by atoms with Crippen LogP contribution in [0.4, 0.5) is 10.1 Å². The van der Waals surface area contributed by atoms with Crippen molar-refractivity contribution in [2.45, 2.75) is 6.04 Å². The topological polar surface area (TPSA) is 87.4 Å². The molecule has 1 aromatic heterocycles. The number of guanidine groups is 1. The number of hydrogen-bond donors (Lipinski definition) is 1. The van der Waals surface area contributed by atoms with Crippen LogP contribution >= 0.6 is 0 Å². The lowest BCUT2D eigenvalue weighted by Gasteiger charge is -2.39. The van der Waals surface area contributed by atoms with E-state index in [-0.39, 0.29) is 5.82 Å². The van der Waals surface area contributed by atoms with Gasteiger partial charge in [-0.15, -0.1) is 0 Å². The summed E-state index contributed by atoms with van der Waals surface area (Å²) in [5, 5.41) is 2.73. The van der Waals surface area contributed by atoms with Crippen LogP contribution in [0.3, 0.4) is 0 Å². The van der Waals surface area contributed by atoms with Crippen LogP contribution in [0.5, 0.6) is 0 Å². The molecule has 2 aliphatic rings. The molecule has 29 heavy (non-hydrogen) atoms. The summed E-state index contributed by atoms with van der Waals surface area (Å²) in [6.07, 6.45) is 1.48. The van der Waals surface area contributed by atoms with Gasteiger partial charge in [-0.1, -0.05) is 0 Å². The lowest BCUT2D eigenvalue weighted by molar-refractivity contribution is -0.151. The molecule has 0 spiro atoms. The lowest BCUT2D eigenvalue weighted by Crippen LogP contribution is -2.57. The van der Waals surface area contributed by atoms with Gasteiger partial charge in [0.15, 0.2) is 5.92 Å². The minimum atomic E-state index is -1.10. The largest absolute Gasteiger partial charge is 0.468 e. The molecule has 2 aromatic rings. The second-order valence-corrected chi connectivity index (χ2v) is 6.85. The third kappa shape index (κ3) is 3.80. The van der Waals surface area contributed by atoms with E-state index >= 15 is 0 Å². The Kier molecular flexibility index (Phi) is 5.20. The monoisotopic (exact) mass is 400 g/mol. The Morgan fingerprint density at radius 3 is 2.48 bits per heavy atom. The Morgan fingerprint density at radius 1 is 1.17 bits per heavy atom. The van der Waals surface area contributed by atoms with Gasteiger partial charge in [-0.3, -0.25) is 14.9 Å². The Hall–Kier alpha value is -3.36. The molecule has 0 radical (unpaired) electrons. The minimum absolute atomic E-state index is 0.268. The van der Waals surface area contributed by atoms with Crippen molar-refractivity contribution < 1.29 is 23.1 Å². The van der Waals surface area contributed by atoms with Gasteiger partial charge in [-0.05, 0) is 36.4 Å². The maximum absolute atomic E-state index is 13.1. The van der Waals surface area contributed by atoms with Gasteiger partial charge in [-0.25, -0.2) is 9.38 Å². The maximum Gasteiger partial charge on any atom is 0.320 e. The number of carbonyl (C=O) groups is 2. The first kappa shape index (κ1) is 19.0. The first-order chi connectivity index (χ1) is 14.1. The van der Waals surface area contributed by atoms with Crippen LogP contribution in [-0.4, -0.2) is 56.0 Å². The summed E-state index contributed by atoms with van der Waals surface area (Å²) in [4.78, 5) is 33.5. The van der Waals surface area contributed by atoms with Gasteiger partial charge in [0.25, 0.3) is 0 Å². The van der Waals surface area contributed by atoms with Gasteiger partial charge in [0.05, 0.1) is 13.4 Å². The fraction of sp³-hybridized carbons (Fsp3) is 0.350. The van der Waals surface area contributed by atoms with Crippen molar-refractivity contribution in [2.75, 3.05) is 38.2 Å². The Balaban J connectivity index is 1.52. The van der Waals surface area contributed by atoms with E-state index in [2.05, 4.69) is 15.2 Å². The molecule has 0 saturated carbocycles. The smallest absolute Gasteiger partial charge is 0.320 e. The number of nitrogens with zero attached hydrogens (tertiary/aromatic N) is 3. The number of amides is 1. The molecule has 1 N–H and O–H groups in total. The van der Waals surface area contributed by atoms with Gasteiger partial charge >= 0.3 is 5.97 Å². The van der Waals surface area contributed by atoms with Crippen molar-refractivity contribution in [2.24, 2.45) is 10.9 Å². The molecule has 4 rings (SSSR count). The molecule has 2 aliphatic heterocycles. The van der Waals surface area contributed by atoms with Crippen molar-refractivity contribution in [1.29, 1.82) is 0 Å². The average molecular weight is 400 g/mol. The standard InChI is InChI=1S/C20H21FN4O4/c1-28-19(27)16-17(15-3-2-12-29-15)22-20(23-18(16)26)25-10-8-24(9-11-25)14-6-4-13(21)5-7-14/h2-7,12,16-17H,8-11H2,1H3,(H,22,23,26). The highest BCUT2D eigenvalue weighted by molar-refractivity contribution is 6.08. The molecule has 0 aliphatic carbocycles. The van der Waals surface area contributed by atoms with Crippen LogP contribution in [0.15, 0.2) is 52.1 Å². The van der Waals surface area contributed by atoms with Crippen LogP contribution in [0.2, 0.25) is 0 Å². The summed E-state index contributed by atoms with van der Waals surface area (Å²) < 4.78 is 23.3. The number of halogens is 1. The second-order valence-electron chi connectivity index (χ2n) is 6.85. The molecule has 3 heterocycles. The minimum Gasteiger partial charge on any atom is -0.468 e. The highest BCUT2D eigenvalue weighted by Crippen LogP contribution is 2.31. The summed E-state index contributed by atoms with van der Waals surface area (Å²) in [5.74, 6) is -1.66. The van der Waals surface area contributed by atoms with E-state index in [1.165, 1.54) is 25.5 Å². The third-order valence-corrected chi connectivity index (χ3v) is 5.16. The summed E-state index contributed by atoms with van der Waals surface area (Å²) in [6.45, 7) is 2.60. The summed E-state index contributed by atoms with van der Waals surface area (Å²) in [5.41, 5.74) is 0.944. The van der Waals surface area contributed by atoms with Gasteiger partial charge < -0.3 is 19.0 Å². The van der Waals surface area contributed by atoms with Gasteiger partial charge in [0.1, 0.15) is 17.6 Å². The molecule has 1 saturated heterocycles. The zero-order valence-electron chi connectivity index (χ0n) is 15.9. The second kappa shape index (κ2) is 7.94. The number of furan rings is 1. The fourth-order valence-corrected chi connectivity index (χ4v) is 3.61. The zero-order valence-corrected chi connectivity index (χ0v) is 15.9. The molecule has 8 nitrogen and oxygen atoms in total. The number of aliphatic imine (C=N–C) groups is 1. The van der Waals surface area contributed by atoms with Gasteiger partial charge in [0.2, 0.25) is 11.9 Å². The van der Waals surface area contributed by atoms with E-state index < -0.39 is 23.8 Å². The number of ether oxygens (including phenoxy) is 1. The number of esters is 1. The van der Waals surface area contributed by atoms with Crippen LogP contribution in [-0.2, 0) is 14.3 Å². The Morgan fingerprint density at radius 2 is 1.86 bits per heavy atom. The summed E-state index contributed by atoms with van der Waals surface area (Å²) in [7, 11) is 1.24. The zero-order chi connectivity index (χ0) is 20.4. The molecule has 1 amide bonds. The number of anilines is 1. The normalized spacial score (nSPS) is 22.1. The van der Waals surface area contributed by atoms with Crippen LogP contribution in [0.25, 0.3) is 0 Å². The van der Waals surface area contributed by atoms with E-state index in [0.29, 0.717) is 37.9 Å². The Labute approximate surface area is 166 Å². The molecule has 2 atom stereocenters. The van der Waals surface area contributed by atoms with Crippen molar-refractivity contribution >= 4 is 23.5 Å². The van der Waals surface area contributed by atoms with Crippen molar-refractivity contribution in [3.8, 4) is 0 Å². The predicted octanol–water partition coefficient (Wildman–Crippen LogP) is 1.56. The van der Waals surface area contributed by atoms with E-state index in [1.807, 2.05) is 4.90 Å². The number of rotatable bonds is 3. The number of nitrogens with one attached hydrogen (secondary N) is 1. The molecular weight excluding hydrogens is 379 g/mol. The summed E-state index contributed by atoms with van der Waals surface area (Å²) in [6, 6.07) is 8.97. The number of hydrogen-bond acceptors (Lipinski definition) is 7. The van der Waals surface area contributed by atoms with E-state index in [1.54, 1.807) is 24.3 Å². The first-order valence-electron chi connectivity index (χ1n) is 9.32. The molecular formula is C20H21FN4O4. The fourth-order valence-electron chi connectivity index (χ4n) is 3.61. The highest BCUT2D eigenvalue weighted by Gasteiger charge is 2.43. The molecule has 9 heteroatoms.